The highest BCUT2D eigenvalue weighted by Gasteiger charge is 2.00. The zero-order valence-electron chi connectivity index (χ0n) is 12.4. The van der Waals surface area contributed by atoms with Gasteiger partial charge < -0.3 is 28.9 Å². The molecule has 0 aromatic carbocycles. The largest absolute Gasteiger partial charge is 1.00 e. The van der Waals surface area contributed by atoms with Crippen LogP contribution in [0.15, 0.2) is 0 Å². The second kappa shape index (κ2) is 16.7. The number of rotatable bonds is 12. The molecule has 0 spiro atoms. The van der Waals surface area contributed by atoms with Crippen LogP contribution in [0, 0.1) is 0 Å². The van der Waals surface area contributed by atoms with Crippen molar-refractivity contribution in [2.45, 2.75) is 78.1 Å². The zero-order chi connectivity index (χ0) is 12.1. The molecular weight excluding hydrogens is 321 g/mol. The molecule has 0 aliphatic heterocycles. The van der Waals surface area contributed by atoms with Gasteiger partial charge in [0.2, 0.25) is 0 Å². The average molecular weight is 355 g/mol. The van der Waals surface area contributed by atoms with Crippen molar-refractivity contribution in [2.24, 2.45) is 0 Å². The predicted octanol–water partition coefficient (Wildman–Crippen LogP) is 0.446. The summed E-state index contributed by atoms with van der Waals surface area (Å²) >= 11 is 0. The van der Waals surface area contributed by atoms with E-state index in [2.05, 4.69) is 20.9 Å². The number of unbranched alkanes of at least 4 members (excludes halogenated alkanes) is 8. The molecule has 17 heavy (non-hydrogen) atoms. The minimum atomic E-state index is 0. The fourth-order valence-corrected chi connectivity index (χ4v) is 2.19. The second-order valence-electron chi connectivity index (χ2n) is 5.29. The van der Waals surface area contributed by atoms with Crippen LogP contribution in [0.4, 0.5) is 0 Å². The molecule has 0 heterocycles. The van der Waals surface area contributed by atoms with Gasteiger partial charge in [0, 0.05) is 0 Å². The molecular formula is C15H34IN. The van der Waals surface area contributed by atoms with E-state index in [9.17, 15) is 0 Å². The molecule has 0 fully saturated rings. The molecule has 0 aliphatic rings. The lowest BCUT2D eigenvalue weighted by Crippen LogP contribution is -3.09. The first-order valence-corrected chi connectivity index (χ1v) is 7.62. The standard InChI is InChI=1S/C15H33N.HI/c1-4-6-8-10-11-13-15-16(3)14-12-9-7-5-2;/h4-15H2,1-3H3;1H. The first kappa shape index (κ1) is 20.0. The van der Waals surface area contributed by atoms with Crippen molar-refractivity contribution in [3.63, 3.8) is 0 Å². The van der Waals surface area contributed by atoms with Gasteiger partial charge in [-0.15, -0.1) is 0 Å². The van der Waals surface area contributed by atoms with Crippen LogP contribution in [0.5, 0.6) is 0 Å². The summed E-state index contributed by atoms with van der Waals surface area (Å²) in [6.07, 6.45) is 14.2. The fraction of sp³-hybridized carbons (Fsp3) is 1.00. The van der Waals surface area contributed by atoms with Crippen LogP contribution in [0.1, 0.15) is 78.1 Å². The molecule has 0 aromatic rings. The lowest BCUT2D eigenvalue weighted by molar-refractivity contribution is -0.880. The molecule has 1 unspecified atom stereocenters. The molecule has 0 saturated carbocycles. The molecule has 1 atom stereocenters. The fourth-order valence-electron chi connectivity index (χ4n) is 2.19. The summed E-state index contributed by atoms with van der Waals surface area (Å²) < 4.78 is 0. The molecule has 1 nitrogen and oxygen atoms in total. The Morgan fingerprint density at radius 3 is 1.41 bits per heavy atom. The first-order chi connectivity index (χ1) is 7.81. The Morgan fingerprint density at radius 2 is 0.941 bits per heavy atom. The van der Waals surface area contributed by atoms with Gasteiger partial charge in [0.25, 0.3) is 0 Å². The van der Waals surface area contributed by atoms with Crippen LogP contribution in [0.3, 0.4) is 0 Å². The molecule has 1 N–H and O–H groups in total. The average Bonchev–Trinajstić information content (AvgIpc) is 2.29. The van der Waals surface area contributed by atoms with E-state index in [1.807, 2.05) is 0 Å². The van der Waals surface area contributed by atoms with Gasteiger partial charge in [-0.05, 0) is 25.7 Å². The van der Waals surface area contributed by atoms with E-state index < -0.39 is 0 Å². The van der Waals surface area contributed by atoms with Gasteiger partial charge >= 0.3 is 0 Å². The SMILES string of the molecule is CCCCCCCC[NH+](C)CCCCCC.[I-]. The van der Waals surface area contributed by atoms with E-state index in [1.54, 1.807) is 4.90 Å². The molecule has 0 aliphatic carbocycles. The molecule has 0 radical (unpaired) electrons. The van der Waals surface area contributed by atoms with E-state index in [1.165, 1.54) is 77.3 Å². The molecule has 0 rings (SSSR count). The maximum atomic E-state index is 2.36. The molecule has 2 heteroatoms. The molecule has 0 saturated heterocycles. The second-order valence-corrected chi connectivity index (χ2v) is 5.29. The Balaban J connectivity index is 0. The Morgan fingerprint density at radius 1 is 0.588 bits per heavy atom. The van der Waals surface area contributed by atoms with Crippen molar-refractivity contribution in [1.82, 2.24) is 0 Å². The summed E-state index contributed by atoms with van der Waals surface area (Å²) in [5.41, 5.74) is 0. The van der Waals surface area contributed by atoms with Crippen molar-refractivity contribution in [2.75, 3.05) is 20.1 Å². The van der Waals surface area contributed by atoms with Gasteiger partial charge in [-0.2, -0.15) is 0 Å². The zero-order valence-corrected chi connectivity index (χ0v) is 14.5. The number of nitrogens with one attached hydrogen (secondary N) is 1. The van der Waals surface area contributed by atoms with Crippen molar-refractivity contribution in [3.05, 3.63) is 0 Å². The predicted molar refractivity (Wildman–Crippen MR) is 74.1 cm³/mol. The summed E-state index contributed by atoms with van der Waals surface area (Å²) in [7, 11) is 2.36. The topological polar surface area (TPSA) is 4.44 Å². The molecule has 0 aromatic heterocycles. The van der Waals surface area contributed by atoms with E-state index in [-0.39, 0.29) is 24.0 Å². The highest BCUT2D eigenvalue weighted by Crippen LogP contribution is 2.03. The van der Waals surface area contributed by atoms with Gasteiger partial charge in [0.15, 0.2) is 0 Å². The third-order valence-electron chi connectivity index (χ3n) is 3.41. The molecule has 0 bridgehead atoms. The van der Waals surface area contributed by atoms with Crippen LogP contribution in [-0.2, 0) is 0 Å². The van der Waals surface area contributed by atoms with Crippen LogP contribution in [-0.4, -0.2) is 20.1 Å². The van der Waals surface area contributed by atoms with Gasteiger partial charge in [-0.1, -0.05) is 52.4 Å². The Labute approximate surface area is 127 Å². The lowest BCUT2D eigenvalue weighted by atomic mass is 10.1. The van der Waals surface area contributed by atoms with Crippen molar-refractivity contribution >= 4 is 0 Å². The van der Waals surface area contributed by atoms with Gasteiger partial charge in [-0.3, -0.25) is 0 Å². The normalized spacial score (nSPS) is 12.2. The number of halogens is 1. The van der Waals surface area contributed by atoms with Crippen LogP contribution in [0.2, 0.25) is 0 Å². The number of hydrogen-bond donors (Lipinski definition) is 1. The minimum Gasteiger partial charge on any atom is -1.00 e. The van der Waals surface area contributed by atoms with Crippen LogP contribution < -0.4 is 28.9 Å². The summed E-state index contributed by atoms with van der Waals surface area (Å²) in [6, 6.07) is 0. The van der Waals surface area contributed by atoms with Crippen molar-refractivity contribution < 1.29 is 28.9 Å². The smallest absolute Gasteiger partial charge is 0.0768 e. The van der Waals surface area contributed by atoms with Gasteiger partial charge in [0.1, 0.15) is 0 Å². The first-order valence-electron chi connectivity index (χ1n) is 7.62. The summed E-state index contributed by atoms with van der Waals surface area (Å²) in [5, 5.41) is 0. The molecule has 0 amide bonds. The summed E-state index contributed by atoms with van der Waals surface area (Å²) in [5.74, 6) is 0. The van der Waals surface area contributed by atoms with Gasteiger partial charge in [0.05, 0.1) is 20.1 Å². The monoisotopic (exact) mass is 355 g/mol. The van der Waals surface area contributed by atoms with E-state index in [4.69, 9.17) is 0 Å². The summed E-state index contributed by atoms with van der Waals surface area (Å²) in [4.78, 5) is 1.74. The third kappa shape index (κ3) is 16.7. The molecule has 106 valence electrons. The van der Waals surface area contributed by atoms with Crippen molar-refractivity contribution in [3.8, 4) is 0 Å². The Bertz CT molecular complexity index is 128. The lowest BCUT2D eigenvalue weighted by Gasteiger charge is -2.13. The highest BCUT2D eigenvalue weighted by atomic mass is 127. The maximum Gasteiger partial charge on any atom is 0.0768 e. The number of hydrogen-bond acceptors (Lipinski definition) is 0. The van der Waals surface area contributed by atoms with Gasteiger partial charge in [-0.25, -0.2) is 0 Å². The number of quaternary nitrogens is 1. The quantitative estimate of drug-likeness (QED) is 0.383. The maximum absolute atomic E-state index is 2.36. The Kier molecular flexibility index (Phi) is 19.7. The van der Waals surface area contributed by atoms with Crippen LogP contribution >= 0.6 is 0 Å². The van der Waals surface area contributed by atoms with E-state index in [0.29, 0.717) is 0 Å². The Hall–Kier alpha value is 0.690. The van der Waals surface area contributed by atoms with E-state index >= 15 is 0 Å². The summed E-state index contributed by atoms with van der Waals surface area (Å²) in [6.45, 7) is 7.34. The van der Waals surface area contributed by atoms with Crippen molar-refractivity contribution in [1.29, 1.82) is 0 Å². The van der Waals surface area contributed by atoms with Crippen LogP contribution in [0.25, 0.3) is 0 Å². The van der Waals surface area contributed by atoms with E-state index in [0.717, 1.165) is 0 Å². The minimum absolute atomic E-state index is 0. The third-order valence-corrected chi connectivity index (χ3v) is 3.41. The highest BCUT2D eigenvalue weighted by molar-refractivity contribution is 4.43.